The lowest BCUT2D eigenvalue weighted by atomic mass is 10.2. The second kappa shape index (κ2) is 8.62. The third-order valence-corrected chi connectivity index (χ3v) is 2.78. The molecule has 0 saturated heterocycles. The molecule has 2 N–H and O–H groups in total. The lowest BCUT2D eigenvalue weighted by Crippen LogP contribution is -2.11. The number of benzene rings is 1. The first-order valence-corrected chi connectivity index (χ1v) is 7.14. The maximum Gasteiger partial charge on any atom is 0.225 e. The molecule has 0 radical (unpaired) electrons. The van der Waals surface area contributed by atoms with Gasteiger partial charge in [-0.2, -0.15) is 11.8 Å². The predicted octanol–water partition coefficient (Wildman–Crippen LogP) is 2.11. The van der Waals surface area contributed by atoms with E-state index in [9.17, 15) is 4.79 Å². The summed E-state index contributed by atoms with van der Waals surface area (Å²) in [6, 6.07) is 7.38. The van der Waals surface area contributed by atoms with E-state index in [1.165, 1.54) is 0 Å². The Bertz CT molecular complexity index is 431. The molecule has 0 saturated carbocycles. The molecule has 0 aliphatic carbocycles. The van der Waals surface area contributed by atoms with Crippen LogP contribution in [-0.4, -0.2) is 29.6 Å². The van der Waals surface area contributed by atoms with Crippen molar-refractivity contribution < 1.29 is 9.90 Å². The minimum atomic E-state index is 0.0310. The van der Waals surface area contributed by atoms with Crippen LogP contribution in [0.5, 0.6) is 0 Å². The number of carbonyl (C=O) groups is 1. The summed E-state index contributed by atoms with van der Waals surface area (Å²) in [5.41, 5.74) is 1.67. The van der Waals surface area contributed by atoms with Crippen molar-refractivity contribution in [1.82, 2.24) is 0 Å². The van der Waals surface area contributed by atoms with Crippen LogP contribution in [0.25, 0.3) is 0 Å². The average Bonchev–Trinajstić information content (AvgIpc) is 2.39. The smallest absolute Gasteiger partial charge is 0.225 e. The van der Waals surface area contributed by atoms with E-state index in [0.29, 0.717) is 12.8 Å². The molecular weight excluding hydrogens is 246 g/mol. The Hall–Kier alpha value is -1.44. The number of rotatable bonds is 5. The maximum absolute atomic E-state index is 11.5. The van der Waals surface area contributed by atoms with Crippen molar-refractivity contribution in [2.75, 3.05) is 23.9 Å². The van der Waals surface area contributed by atoms with E-state index < -0.39 is 0 Å². The Balaban J connectivity index is 2.50. The fraction of sp³-hybridized carbons (Fsp3) is 0.357. The second-order valence-corrected chi connectivity index (χ2v) is 4.63. The van der Waals surface area contributed by atoms with E-state index in [1.54, 1.807) is 11.8 Å². The zero-order valence-corrected chi connectivity index (χ0v) is 11.2. The minimum Gasteiger partial charge on any atom is -0.395 e. The van der Waals surface area contributed by atoms with Gasteiger partial charge in [-0.1, -0.05) is 11.8 Å². The van der Waals surface area contributed by atoms with Crippen molar-refractivity contribution in [1.29, 1.82) is 0 Å². The minimum absolute atomic E-state index is 0.0310. The number of carbonyl (C=O) groups excluding carboxylic acids is 1. The van der Waals surface area contributed by atoms with E-state index >= 15 is 0 Å². The highest BCUT2D eigenvalue weighted by Gasteiger charge is 2.00. The summed E-state index contributed by atoms with van der Waals surface area (Å²) < 4.78 is 0. The summed E-state index contributed by atoms with van der Waals surface area (Å²) in [7, 11) is 0. The van der Waals surface area contributed by atoms with Gasteiger partial charge in [0.05, 0.1) is 6.61 Å². The van der Waals surface area contributed by atoms with Crippen molar-refractivity contribution in [2.24, 2.45) is 0 Å². The van der Waals surface area contributed by atoms with Gasteiger partial charge in [0.25, 0.3) is 0 Å². The van der Waals surface area contributed by atoms with Gasteiger partial charge in [0, 0.05) is 29.8 Å². The number of hydrogen-bond donors (Lipinski definition) is 2. The van der Waals surface area contributed by atoms with Crippen molar-refractivity contribution in [3.05, 3.63) is 29.8 Å². The summed E-state index contributed by atoms with van der Waals surface area (Å²) in [6.07, 6.45) is 2.99. The lowest BCUT2D eigenvalue weighted by molar-refractivity contribution is -0.115. The Morgan fingerprint density at radius 1 is 1.39 bits per heavy atom. The van der Waals surface area contributed by atoms with Crippen molar-refractivity contribution in [2.45, 2.75) is 12.8 Å². The molecule has 0 spiro atoms. The molecule has 1 aromatic rings. The van der Waals surface area contributed by atoms with Gasteiger partial charge in [-0.3, -0.25) is 4.79 Å². The Labute approximate surface area is 112 Å². The first kappa shape index (κ1) is 14.6. The molecule has 1 aromatic carbocycles. The molecule has 0 aliphatic rings. The molecule has 0 aromatic heterocycles. The molecule has 4 heteroatoms. The van der Waals surface area contributed by atoms with Crippen LogP contribution in [0.1, 0.15) is 18.4 Å². The molecule has 0 fully saturated rings. The van der Waals surface area contributed by atoms with E-state index in [-0.39, 0.29) is 12.5 Å². The monoisotopic (exact) mass is 263 g/mol. The molecule has 18 heavy (non-hydrogen) atoms. The normalized spacial score (nSPS) is 9.44. The highest BCUT2D eigenvalue weighted by molar-refractivity contribution is 7.98. The Kier molecular flexibility index (Phi) is 7.00. The highest BCUT2D eigenvalue weighted by Crippen LogP contribution is 2.09. The van der Waals surface area contributed by atoms with E-state index in [0.717, 1.165) is 17.0 Å². The molecule has 0 heterocycles. The Morgan fingerprint density at radius 2 is 2.11 bits per heavy atom. The molecule has 3 nitrogen and oxygen atoms in total. The third kappa shape index (κ3) is 5.76. The molecule has 0 bridgehead atoms. The van der Waals surface area contributed by atoms with Gasteiger partial charge in [0.1, 0.15) is 0 Å². The number of anilines is 1. The molecule has 1 rings (SSSR count). The van der Waals surface area contributed by atoms with Crippen LogP contribution in [0, 0.1) is 11.8 Å². The van der Waals surface area contributed by atoms with Gasteiger partial charge in [-0.15, -0.1) is 0 Å². The highest BCUT2D eigenvalue weighted by atomic mass is 32.2. The van der Waals surface area contributed by atoms with Gasteiger partial charge >= 0.3 is 0 Å². The van der Waals surface area contributed by atoms with E-state index in [4.69, 9.17) is 5.11 Å². The summed E-state index contributed by atoms with van der Waals surface area (Å²) in [4.78, 5) is 11.5. The molecule has 1 amide bonds. The second-order valence-electron chi connectivity index (χ2n) is 3.64. The number of aliphatic hydroxyl groups excluding tert-OH is 1. The molecule has 0 atom stereocenters. The lowest BCUT2D eigenvalue weighted by Gasteiger charge is -2.04. The quantitative estimate of drug-likeness (QED) is 0.800. The molecule has 96 valence electrons. The molecular formula is C14H17NO2S. The molecule has 0 aliphatic heterocycles. The number of hydrogen-bond acceptors (Lipinski definition) is 3. The number of nitrogens with one attached hydrogen (secondary N) is 1. The number of amides is 1. The number of aliphatic hydroxyl groups is 1. The fourth-order valence-corrected chi connectivity index (χ4v) is 1.67. The first-order chi connectivity index (χ1) is 8.76. The topological polar surface area (TPSA) is 49.3 Å². The SMILES string of the molecule is CSCCC(=O)Nc1ccc(C#CCCO)cc1. The van der Waals surface area contributed by atoms with Crippen molar-refractivity contribution in [3.63, 3.8) is 0 Å². The Morgan fingerprint density at radius 3 is 2.72 bits per heavy atom. The van der Waals surface area contributed by atoms with Crippen LogP contribution in [0.15, 0.2) is 24.3 Å². The summed E-state index contributed by atoms with van der Waals surface area (Å²) in [6.45, 7) is 0.0799. The van der Waals surface area contributed by atoms with Gasteiger partial charge in [0.2, 0.25) is 5.91 Å². The van der Waals surface area contributed by atoms with E-state index in [1.807, 2.05) is 30.5 Å². The van der Waals surface area contributed by atoms with Crippen molar-refractivity contribution in [3.8, 4) is 11.8 Å². The van der Waals surface area contributed by atoms with Crippen LogP contribution >= 0.6 is 11.8 Å². The van der Waals surface area contributed by atoms with Crippen molar-refractivity contribution >= 4 is 23.4 Å². The van der Waals surface area contributed by atoms with Gasteiger partial charge < -0.3 is 10.4 Å². The van der Waals surface area contributed by atoms with Crippen LogP contribution in [0.4, 0.5) is 5.69 Å². The standard InChI is InChI=1S/C14H17NO2S/c1-18-11-9-14(17)15-13-7-5-12(6-8-13)4-2-3-10-16/h5-8,16H,3,9-11H2,1H3,(H,15,17). The largest absolute Gasteiger partial charge is 0.395 e. The average molecular weight is 263 g/mol. The van der Waals surface area contributed by atoms with Crippen LogP contribution in [0.3, 0.4) is 0 Å². The van der Waals surface area contributed by atoms with Crippen LogP contribution < -0.4 is 5.32 Å². The van der Waals surface area contributed by atoms with E-state index in [2.05, 4.69) is 17.2 Å². The summed E-state index contributed by atoms with van der Waals surface area (Å²) >= 11 is 1.65. The van der Waals surface area contributed by atoms with Gasteiger partial charge in [-0.05, 0) is 30.5 Å². The summed E-state index contributed by atoms with van der Waals surface area (Å²) in [5.74, 6) is 6.64. The zero-order valence-electron chi connectivity index (χ0n) is 10.4. The summed E-state index contributed by atoms with van der Waals surface area (Å²) in [5, 5.41) is 11.4. The number of thioether (sulfide) groups is 1. The van der Waals surface area contributed by atoms with Crippen LogP contribution in [0.2, 0.25) is 0 Å². The van der Waals surface area contributed by atoms with Gasteiger partial charge in [-0.25, -0.2) is 0 Å². The predicted molar refractivity (Wildman–Crippen MR) is 76.7 cm³/mol. The molecule has 0 unspecified atom stereocenters. The third-order valence-electron chi connectivity index (χ3n) is 2.17. The van der Waals surface area contributed by atoms with Gasteiger partial charge in [0.15, 0.2) is 0 Å². The zero-order chi connectivity index (χ0) is 13.2. The fourth-order valence-electron chi connectivity index (χ4n) is 1.28. The first-order valence-electron chi connectivity index (χ1n) is 5.75. The van der Waals surface area contributed by atoms with Crippen LogP contribution in [-0.2, 0) is 4.79 Å². The maximum atomic E-state index is 11.5.